The van der Waals surface area contributed by atoms with Crippen LogP contribution in [0, 0.1) is 0 Å². The monoisotopic (exact) mass is 282 g/mol. The molecule has 0 saturated carbocycles. The van der Waals surface area contributed by atoms with Crippen LogP contribution < -0.4 is 9.47 Å². The fourth-order valence-electron chi connectivity index (χ4n) is 1.47. The predicted octanol–water partition coefficient (Wildman–Crippen LogP) is 2.11. The molecule has 1 aromatic carbocycles. The van der Waals surface area contributed by atoms with E-state index in [1.54, 1.807) is 6.07 Å². The highest BCUT2D eigenvalue weighted by Crippen LogP contribution is 2.24. The first-order valence-corrected chi connectivity index (χ1v) is 6.17. The number of benzene rings is 1. The van der Waals surface area contributed by atoms with Crippen LogP contribution in [-0.4, -0.2) is 36.9 Å². The molecular formula is C14H18O6. The number of hydrogen-bond acceptors (Lipinski definition) is 5. The van der Waals surface area contributed by atoms with Crippen LogP contribution in [0.4, 0.5) is 0 Å². The summed E-state index contributed by atoms with van der Waals surface area (Å²) in [4.78, 5) is 22.0. The zero-order valence-electron chi connectivity index (χ0n) is 11.7. The lowest BCUT2D eigenvalue weighted by Gasteiger charge is -2.13. The molecule has 1 aromatic rings. The fraction of sp³-hybridized carbons (Fsp3) is 0.429. The topological polar surface area (TPSA) is 82.1 Å². The third-order valence-corrected chi connectivity index (χ3v) is 2.30. The van der Waals surface area contributed by atoms with Gasteiger partial charge in [0, 0.05) is 6.07 Å². The molecule has 0 aliphatic carbocycles. The van der Waals surface area contributed by atoms with Gasteiger partial charge in [0.05, 0.1) is 31.8 Å². The molecule has 0 aromatic heterocycles. The molecule has 0 unspecified atom stereocenters. The molecule has 1 N–H and O–H groups in total. The van der Waals surface area contributed by atoms with Crippen molar-refractivity contribution in [2.45, 2.75) is 26.4 Å². The lowest BCUT2D eigenvalue weighted by Crippen LogP contribution is -2.09. The second kappa shape index (κ2) is 7.37. The summed E-state index contributed by atoms with van der Waals surface area (Å²) in [6, 6.07) is 4.39. The first-order chi connectivity index (χ1) is 9.42. The van der Waals surface area contributed by atoms with Crippen molar-refractivity contribution in [3.05, 3.63) is 23.8 Å². The van der Waals surface area contributed by atoms with E-state index in [0.717, 1.165) is 0 Å². The van der Waals surface area contributed by atoms with Gasteiger partial charge in [-0.1, -0.05) is 0 Å². The number of esters is 1. The minimum atomic E-state index is -1.07. The van der Waals surface area contributed by atoms with Gasteiger partial charge in [0.25, 0.3) is 0 Å². The van der Waals surface area contributed by atoms with E-state index in [0.29, 0.717) is 11.5 Å². The van der Waals surface area contributed by atoms with Crippen LogP contribution in [0.1, 0.15) is 30.6 Å². The van der Waals surface area contributed by atoms with E-state index in [4.69, 9.17) is 14.6 Å². The van der Waals surface area contributed by atoms with Gasteiger partial charge in [0.2, 0.25) is 0 Å². The Hall–Kier alpha value is -2.24. The molecule has 0 saturated heterocycles. The number of ether oxygens (including phenoxy) is 3. The number of carboxylic acids is 1. The van der Waals surface area contributed by atoms with E-state index in [-0.39, 0.29) is 24.7 Å². The zero-order chi connectivity index (χ0) is 15.1. The van der Waals surface area contributed by atoms with Crippen LogP contribution in [0.25, 0.3) is 0 Å². The molecule has 6 nitrogen and oxygen atoms in total. The SMILES string of the molecule is COC(=O)CCOc1cc(OC(C)C)cc(C(=O)O)c1. The molecule has 110 valence electrons. The van der Waals surface area contributed by atoms with Crippen molar-refractivity contribution in [3.8, 4) is 11.5 Å². The minimum Gasteiger partial charge on any atom is -0.493 e. The van der Waals surface area contributed by atoms with Crippen LogP contribution in [-0.2, 0) is 9.53 Å². The average molecular weight is 282 g/mol. The van der Waals surface area contributed by atoms with Gasteiger partial charge in [0.1, 0.15) is 11.5 Å². The number of rotatable bonds is 7. The molecule has 1 rings (SSSR count). The molecule has 6 heteroatoms. The van der Waals surface area contributed by atoms with E-state index in [1.165, 1.54) is 19.2 Å². The summed E-state index contributed by atoms with van der Waals surface area (Å²) in [5.74, 6) is -0.715. The van der Waals surface area contributed by atoms with Gasteiger partial charge in [-0.3, -0.25) is 4.79 Å². The highest BCUT2D eigenvalue weighted by atomic mass is 16.5. The van der Waals surface area contributed by atoms with E-state index < -0.39 is 11.9 Å². The Morgan fingerprint density at radius 1 is 1.20 bits per heavy atom. The lowest BCUT2D eigenvalue weighted by atomic mass is 10.2. The molecule has 0 radical (unpaired) electrons. The van der Waals surface area contributed by atoms with Gasteiger partial charge in [-0.25, -0.2) is 4.79 Å². The number of methoxy groups -OCH3 is 1. The first-order valence-electron chi connectivity index (χ1n) is 6.17. The van der Waals surface area contributed by atoms with Crippen molar-refractivity contribution in [1.82, 2.24) is 0 Å². The van der Waals surface area contributed by atoms with Crippen LogP contribution in [0.2, 0.25) is 0 Å². The smallest absolute Gasteiger partial charge is 0.335 e. The van der Waals surface area contributed by atoms with Crippen molar-refractivity contribution in [2.75, 3.05) is 13.7 Å². The first kappa shape index (κ1) is 15.8. The van der Waals surface area contributed by atoms with Crippen LogP contribution in [0.3, 0.4) is 0 Å². The number of hydrogen-bond donors (Lipinski definition) is 1. The van der Waals surface area contributed by atoms with E-state index in [9.17, 15) is 9.59 Å². The largest absolute Gasteiger partial charge is 0.493 e. The molecule has 0 aliphatic heterocycles. The minimum absolute atomic E-state index is 0.0659. The van der Waals surface area contributed by atoms with Gasteiger partial charge in [-0.15, -0.1) is 0 Å². The third kappa shape index (κ3) is 5.17. The Balaban J connectivity index is 2.80. The molecule has 0 heterocycles. The van der Waals surface area contributed by atoms with Gasteiger partial charge >= 0.3 is 11.9 Å². The van der Waals surface area contributed by atoms with E-state index in [2.05, 4.69) is 4.74 Å². The molecule has 0 fully saturated rings. The van der Waals surface area contributed by atoms with Gasteiger partial charge in [-0.2, -0.15) is 0 Å². The molecule has 0 spiro atoms. The highest BCUT2D eigenvalue weighted by Gasteiger charge is 2.10. The highest BCUT2D eigenvalue weighted by molar-refractivity contribution is 5.88. The fourth-order valence-corrected chi connectivity index (χ4v) is 1.47. The number of carbonyl (C=O) groups is 2. The Labute approximate surface area is 117 Å². The number of carbonyl (C=O) groups excluding carboxylic acids is 1. The Bertz CT molecular complexity index is 481. The van der Waals surface area contributed by atoms with Crippen molar-refractivity contribution < 1.29 is 28.9 Å². The van der Waals surface area contributed by atoms with Crippen LogP contribution >= 0.6 is 0 Å². The lowest BCUT2D eigenvalue weighted by molar-refractivity contribution is -0.141. The summed E-state index contributed by atoms with van der Waals surface area (Å²) in [7, 11) is 1.29. The Kier molecular flexibility index (Phi) is 5.83. The maximum absolute atomic E-state index is 11.0. The molecule has 0 amide bonds. The van der Waals surface area contributed by atoms with E-state index >= 15 is 0 Å². The van der Waals surface area contributed by atoms with Gasteiger partial charge < -0.3 is 19.3 Å². The third-order valence-electron chi connectivity index (χ3n) is 2.30. The summed E-state index contributed by atoms with van der Waals surface area (Å²) in [5, 5.41) is 9.03. The van der Waals surface area contributed by atoms with Crippen LogP contribution in [0.15, 0.2) is 18.2 Å². The molecule has 0 atom stereocenters. The second-order valence-electron chi connectivity index (χ2n) is 4.34. The standard InChI is InChI=1S/C14H18O6/c1-9(2)20-12-7-10(14(16)17)6-11(8-12)19-5-4-13(15)18-3/h6-9H,4-5H2,1-3H3,(H,16,17). The summed E-state index contributed by atoms with van der Waals surface area (Å²) < 4.78 is 15.3. The summed E-state index contributed by atoms with van der Waals surface area (Å²) >= 11 is 0. The zero-order valence-corrected chi connectivity index (χ0v) is 11.7. The Morgan fingerprint density at radius 3 is 2.40 bits per heavy atom. The maximum Gasteiger partial charge on any atom is 0.335 e. The van der Waals surface area contributed by atoms with Crippen LogP contribution in [0.5, 0.6) is 11.5 Å². The molecule has 20 heavy (non-hydrogen) atoms. The summed E-state index contributed by atoms with van der Waals surface area (Å²) in [6.07, 6.45) is 0.00992. The van der Waals surface area contributed by atoms with E-state index in [1.807, 2.05) is 13.8 Å². The molecular weight excluding hydrogens is 264 g/mol. The average Bonchev–Trinajstić information content (AvgIpc) is 2.37. The van der Waals surface area contributed by atoms with Crippen molar-refractivity contribution in [2.24, 2.45) is 0 Å². The van der Waals surface area contributed by atoms with Gasteiger partial charge in [-0.05, 0) is 26.0 Å². The van der Waals surface area contributed by atoms with Crippen molar-refractivity contribution >= 4 is 11.9 Å². The molecule has 0 aliphatic rings. The molecule has 0 bridgehead atoms. The summed E-state index contributed by atoms with van der Waals surface area (Å²) in [6.45, 7) is 3.79. The Morgan fingerprint density at radius 2 is 1.85 bits per heavy atom. The summed E-state index contributed by atoms with van der Waals surface area (Å²) in [5.41, 5.74) is 0.0659. The number of carboxylic acid groups (broad SMARTS) is 1. The maximum atomic E-state index is 11.0. The van der Waals surface area contributed by atoms with Gasteiger partial charge in [0.15, 0.2) is 0 Å². The van der Waals surface area contributed by atoms with Crippen molar-refractivity contribution in [1.29, 1.82) is 0 Å². The normalized spacial score (nSPS) is 10.2. The van der Waals surface area contributed by atoms with Crippen molar-refractivity contribution in [3.63, 3.8) is 0 Å². The quantitative estimate of drug-likeness (QED) is 0.771. The number of aromatic carboxylic acids is 1. The second-order valence-corrected chi connectivity index (χ2v) is 4.34. The predicted molar refractivity (Wildman–Crippen MR) is 71.3 cm³/mol.